The topological polar surface area (TPSA) is 58.2 Å². The molecule has 0 spiro atoms. The van der Waals surface area contributed by atoms with Gasteiger partial charge in [-0.25, -0.2) is 4.39 Å². The Hall–Kier alpha value is -1.43. The highest BCUT2D eigenvalue weighted by Crippen LogP contribution is 2.25. The lowest BCUT2D eigenvalue weighted by molar-refractivity contribution is -0.122. The van der Waals surface area contributed by atoms with Gasteiger partial charge in [0.15, 0.2) is 0 Å². The van der Waals surface area contributed by atoms with Crippen LogP contribution in [0.5, 0.6) is 0 Å². The number of halogens is 2. The molecule has 0 saturated carbocycles. The van der Waals surface area contributed by atoms with Crippen molar-refractivity contribution in [2.45, 2.75) is 38.9 Å². The zero-order valence-electron chi connectivity index (χ0n) is 13.3. The van der Waals surface area contributed by atoms with E-state index in [1.807, 2.05) is 20.8 Å². The molecule has 0 heterocycles. The molecule has 0 aliphatic carbocycles. The summed E-state index contributed by atoms with van der Waals surface area (Å²) in [7, 11) is 0. The Morgan fingerprint density at radius 2 is 1.95 bits per heavy atom. The number of anilines is 1. The molecule has 0 bridgehead atoms. The van der Waals surface area contributed by atoms with Crippen molar-refractivity contribution in [3.63, 3.8) is 0 Å². The van der Waals surface area contributed by atoms with Crippen LogP contribution >= 0.6 is 15.9 Å². The lowest BCUT2D eigenvalue weighted by atomic mass is 9.92. The molecule has 122 valence electrons. The fourth-order valence-electron chi connectivity index (χ4n) is 1.73. The quantitative estimate of drug-likeness (QED) is 0.778. The third-order valence-corrected chi connectivity index (χ3v) is 4.87. The Labute approximate surface area is 139 Å². The second-order valence-corrected chi connectivity index (χ2v) is 7.20. The third-order valence-electron chi connectivity index (χ3n) is 3.08. The van der Waals surface area contributed by atoms with Crippen LogP contribution in [0.25, 0.3) is 0 Å². The molecule has 1 atom stereocenters. The minimum atomic E-state index is -0.317. The van der Waals surface area contributed by atoms with E-state index >= 15 is 0 Å². The lowest BCUT2D eigenvalue weighted by Gasteiger charge is -2.24. The Bertz CT molecular complexity index is 556. The van der Waals surface area contributed by atoms with Gasteiger partial charge in [0.1, 0.15) is 5.82 Å². The Morgan fingerprint density at radius 1 is 1.32 bits per heavy atom. The Morgan fingerprint density at radius 3 is 2.50 bits per heavy atom. The molecule has 2 amide bonds. The van der Waals surface area contributed by atoms with Crippen LogP contribution in [0.2, 0.25) is 0 Å². The van der Waals surface area contributed by atoms with Crippen molar-refractivity contribution in [2.75, 3.05) is 11.9 Å². The zero-order chi connectivity index (χ0) is 16.9. The van der Waals surface area contributed by atoms with Crippen LogP contribution in [-0.4, -0.2) is 23.2 Å². The van der Waals surface area contributed by atoms with Gasteiger partial charge in [0.2, 0.25) is 11.8 Å². The third kappa shape index (κ3) is 5.75. The van der Waals surface area contributed by atoms with Gasteiger partial charge in [-0.1, -0.05) is 36.7 Å². The normalized spacial score (nSPS) is 12.6. The fourth-order valence-corrected chi connectivity index (χ4v) is 1.89. The largest absolute Gasteiger partial charge is 0.355 e. The summed E-state index contributed by atoms with van der Waals surface area (Å²) in [6.07, 6.45) is 0.159. The van der Waals surface area contributed by atoms with Crippen LogP contribution in [0.3, 0.4) is 0 Å². The number of rotatable bonds is 5. The summed E-state index contributed by atoms with van der Waals surface area (Å²) >= 11 is 3.35. The molecule has 0 unspecified atom stereocenters. The summed E-state index contributed by atoms with van der Waals surface area (Å²) < 4.78 is 13.1. The zero-order valence-corrected chi connectivity index (χ0v) is 14.9. The molecular formula is C16H22BrFN2O2. The maximum atomic E-state index is 13.1. The molecule has 0 aromatic heterocycles. The van der Waals surface area contributed by atoms with E-state index in [2.05, 4.69) is 26.6 Å². The Kier molecular flexibility index (Phi) is 6.53. The molecular weight excluding hydrogens is 351 g/mol. The molecule has 22 heavy (non-hydrogen) atoms. The van der Waals surface area contributed by atoms with E-state index in [0.717, 1.165) is 0 Å². The SMILES string of the molecule is Cc1cc(NC(=O)CCNC(=O)[C@H](Br)C(C)(C)C)ccc1F. The second-order valence-electron chi connectivity index (χ2n) is 6.28. The first-order valence-electron chi connectivity index (χ1n) is 7.09. The van der Waals surface area contributed by atoms with Crippen molar-refractivity contribution in [1.29, 1.82) is 0 Å². The van der Waals surface area contributed by atoms with E-state index in [-0.39, 0.29) is 40.8 Å². The number of carbonyl (C=O) groups excluding carboxylic acids is 2. The second kappa shape index (κ2) is 7.72. The van der Waals surface area contributed by atoms with Crippen molar-refractivity contribution in [2.24, 2.45) is 5.41 Å². The number of hydrogen-bond acceptors (Lipinski definition) is 2. The lowest BCUT2D eigenvalue weighted by Crippen LogP contribution is -2.39. The number of nitrogens with one attached hydrogen (secondary N) is 2. The number of benzene rings is 1. The standard InChI is InChI=1S/C16H22BrFN2O2/c1-10-9-11(5-6-12(10)18)20-13(21)7-8-19-15(22)14(17)16(2,3)4/h5-6,9,14H,7-8H2,1-4H3,(H,19,22)(H,20,21)/t14-/m0/s1. The number of aryl methyl sites for hydroxylation is 1. The average Bonchev–Trinajstić information content (AvgIpc) is 2.41. The number of alkyl halides is 1. The molecule has 1 aromatic rings. The van der Waals surface area contributed by atoms with E-state index < -0.39 is 0 Å². The van der Waals surface area contributed by atoms with Crippen molar-refractivity contribution in [1.82, 2.24) is 5.32 Å². The molecule has 1 aromatic carbocycles. The molecule has 0 aliphatic heterocycles. The van der Waals surface area contributed by atoms with Gasteiger partial charge in [-0.05, 0) is 36.1 Å². The van der Waals surface area contributed by atoms with Gasteiger partial charge in [-0.3, -0.25) is 9.59 Å². The highest BCUT2D eigenvalue weighted by atomic mass is 79.9. The van der Waals surface area contributed by atoms with E-state index in [1.165, 1.54) is 12.1 Å². The molecule has 6 heteroatoms. The summed E-state index contributed by atoms with van der Waals surface area (Å²) in [5, 5.41) is 5.39. The van der Waals surface area contributed by atoms with Gasteiger partial charge in [0.05, 0.1) is 4.83 Å². The van der Waals surface area contributed by atoms with E-state index in [1.54, 1.807) is 13.0 Å². The van der Waals surface area contributed by atoms with Crippen LogP contribution < -0.4 is 10.6 Å². The smallest absolute Gasteiger partial charge is 0.234 e. The summed E-state index contributed by atoms with van der Waals surface area (Å²) in [6, 6.07) is 4.39. The number of carbonyl (C=O) groups is 2. The number of hydrogen-bond donors (Lipinski definition) is 2. The molecule has 1 rings (SSSR count). The molecule has 4 nitrogen and oxygen atoms in total. The maximum Gasteiger partial charge on any atom is 0.234 e. The van der Waals surface area contributed by atoms with Crippen molar-refractivity contribution >= 4 is 33.4 Å². The van der Waals surface area contributed by atoms with Gasteiger partial charge in [0.25, 0.3) is 0 Å². The highest BCUT2D eigenvalue weighted by Gasteiger charge is 2.28. The van der Waals surface area contributed by atoms with Gasteiger partial charge in [-0.2, -0.15) is 0 Å². The summed E-state index contributed by atoms with van der Waals surface area (Å²) in [6.45, 7) is 7.75. The van der Waals surface area contributed by atoms with Gasteiger partial charge >= 0.3 is 0 Å². The van der Waals surface area contributed by atoms with E-state index in [4.69, 9.17) is 0 Å². The predicted octanol–water partition coefficient (Wildman–Crippen LogP) is 3.39. The molecule has 0 radical (unpaired) electrons. The minimum Gasteiger partial charge on any atom is -0.355 e. The Balaban J connectivity index is 2.40. The summed E-state index contributed by atoms with van der Waals surface area (Å²) in [5.74, 6) is -0.679. The molecule has 0 saturated heterocycles. The predicted molar refractivity (Wildman–Crippen MR) is 89.6 cm³/mol. The van der Waals surface area contributed by atoms with Crippen molar-refractivity contribution in [3.05, 3.63) is 29.6 Å². The molecule has 0 aliphatic rings. The first-order valence-corrected chi connectivity index (χ1v) is 8.00. The molecule has 2 N–H and O–H groups in total. The number of amides is 2. The van der Waals surface area contributed by atoms with E-state index in [0.29, 0.717) is 11.3 Å². The van der Waals surface area contributed by atoms with Crippen LogP contribution in [0, 0.1) is 18.2 Å². The maximum absolute atomic E-state index is 13.1. The van der Waals surface area contributed by atoms with Gasteiger partial charge in [0, 0.05) is 18.7 Å². The van der Waals surface area contributed by atoms with Crippen LogP contribution in [0.4, 0.5) is 10.1 Å². The van der Waals surface area contributed by atoms with Crippen LogP contribution in [0.15, 0.2) is 18.2 Å². The minimum absolute atomic E-state index is 0.141. The van der Waals surface area contributed by atoms with Gasteiger partial charge < -0.3 is 10.6 Å². The van der Waals surface area contributed by atoms with Crippen LogP contribution in [-0.2, 0) is 9.59 Å². The van der Waals surface area contributed by atoms with Crippen molar-refractivity contribution in [3.8, 4) is 0 Å². The van der Waals surface area contributed by atoms with Gasteiger partial charge in [-0.15, -0.1) is 0 Å². The monoisotopic (exact) mass is 372 g/mol. The fraction of sp³-hybridized carbons (Fsp3) is 0.500. The summed E-state index contributed by atoms with van der Waals surface area (Å²) in [5.41, 5.74) is 0.819. The first kappa shape index (κ1) is 18.6. The van der Waals surface area contributed by atoms with Crippen LogP contribution in [0.1, 0.15) is 32.8 Å². The summed E-state index contributed by atoms with van der Waals surface area (Å²) in [4.78, 5) is 23.4. The first-order chi connectivity index (χ1) is 10.1. The average molecular weight is 373 g/mol. The highest BCUT2D eigenvalue weighted by molar-refractivity contribution is 9.10. The van der Waals surface area contributed by atoms with E-state index in [9.17, 15) is 14.0 Å². The van der Waals surface area contributed by atoms with Crippen molar-refractivity contribution < 1.29 is 14.0 Å². The molecule has 0 fully saturated rings.